The smallest absolute Gasteiger partial charge is 0.150 e. The minimum atomic E-state index is -2.88. The van der Waals surface area contributed by atoms with E-state index in [1.807, 2.05) is 0 Å². The van der Waals surface area contributed by atoms with Gasteiger partial charge in [0.2, 0.25) is 0 Å². The average molecular weight is 530 g/mol. The van der Waals surface area contributed by atoms with Crippen molar-refractivity contribution in [2.24, 2.45) is 4.36 Å². The van der Waals surface area contributed by atoms with Crippen molar-refractivity contribution in [3.05, 3.63) is 72.8 Å². The lowest BCUT2D eigenvalue weighted by Gasteiger charge is -2.19. The Morgan fingerprint density at radius 2 is 2.03 bits per heavy atom. The molecule has 1 aliphatic heterocycles. The van der Waals surface area contributed by atoms with Crippen LogP contribution in [-0.4, -0.2) is 55.9 Å². The second-order valence-corrected chi connectivity index (χ2v) is 10.4. The molecule has 37 heavy (non-hydrogen) atoms. The predicted octanol–water partition coefficient (Wildman–Crippen LogP) is 4.61. The Bertz CT molecular complexity index is 1550. The Balaban J connectivity index is 0.00000320. The van der Waals surface area contributed by atoms with Gasteiger partial charge >= 0.3 is 0 Å². The van der Waals surface area contributed by atoms with Gasteiger partial charge in [0.05, 0.1) is 50.1 Å². The fraction of sp³-hybridized carbons (Fsp3) is 0.240. The topological polar surface area (TPSA) is 119 Å². The molecule has 0 amide bonds. The fourth-order valence-corrected chi connectivity index (χ4v) is 4.92. The van der Waals surface area contributed by atoms with Gasteiger partial charge in [-0.05, 0) is 30.3 Å². The number of ether oxygens (including phenoxy) is 2. The fourth-order valence-electron chi connectivity index (χ4n) is 3.72. The zero-order valence-corrected chi connectivity index (χ0v) is 19.8. The van der Waals surface area contributed by atoms with Gasteiger partial charge in [0.15, 0.2) is 6.10 Å². The minimum absolute atomic E-state index is 0. The molecule has 0 bridgehead atoms. The molecule has 0 saturated carbocycles. The molecule has 1 fully saturated rings. The summed E-state index contributed by atoms with van der Waals surface area (Å²) in [7, 11) is -2.88. The largest absolute Gasteiger partial charge is 0.483 e. The van der Waals surface area contributed by atoms with E-state index in [4.69, 9.17) is 9.47 Å². The van der Waals surface area contributed by atoms with Crippen molar-refractivity contribution in [2.75, 3.05) is 24.8 Å². The normalized spacial score (nSPS) is 18.6. The van der Waals surface area contributed by atoms with Gasteiger partial charge in [0.25, 0.3) is 0 Å². The highest BCUT2D eigenvalue weighted by molar-refractivity contribution is 7.93. The number of hydrogen-bond donors (Lipinski definition) is 2. The zero-order valence-electron chi connectivity index (χ0n) is 19.0. The first-order valence-corrected chi connectivity index (χ1v) is 12.8. The molecule has 1 aliphatic rings. The standard InChI is InChI=1S/C24H21F2N5O4S.CH4/c1-36(33,16-3-2-6-27-10-16)31-15-8-17(26)23-19(9-15)28-13-29-24(23)30-18-5-4-14(25)7-21(18)35-22-12-34-11-20(22)32;/h2-10,13,20,22,32H,11-12H2,1H3,(H,28,29,30);1H4/t20-,22+,36?;/m0./s1. The quantitative estimate of drug-likeness (QED) is 0.372. The van der Waals surface area contributed by atoms with Gasteiger partial charge in [-0.25, -0.2) is 23.0 Å². The lowest BCUT2D eigenvalue weighted by Crippen LogP contribution is -2.30. The molecule has 0 spiro atoms. The van der Waals surface area contributed by atoms with Crippen LogP contribution in [0.4, 0.5) is 26.0 Å². The van der Waals surface area contributed by atoms with Crippen molar-refractivity contribution in [1.82, 2.24) is 15.0 Å². The number of anilines is 2. The van der Waals surface area contributed by atoms with E-state index >= 15 is 4.39 Å². The van der Waals surface area contributed by atoms with Gasteiger partial charge in [0, 0.05) is 30.8 Å². The second kappa shape index (κ2) is 10.7. The Hall–Kier alpha value is -3.74. The molecule has 2 aromatic heterocycles. The molecule has 2 aromatic carbocycles. The molecule has 5 rings (SSSR count). The van der Waals surface area contributed by atoms with Crippen LogP contribution in [0.15, 0.2) is 70.4 Å². The van der Waals surface area contributed by atoms with Crippen LogP contribution < -0.4 is 10.1 Å². The molecule has 3 atom stereocenters. The zero-order chi connectivity index (χ0) is 25.3. The maximum atomic E-state index is 15.3. The third-order valence-electron chi connectivity index (χ3n) is 5.50. The van der Waals surface area contributed by atoms with Crippen molar-refractivity contribution < 1.29 is 27.6 Å². The van der Waals surface area contributed by atoms with Crippen molar-refractivity contribution in [2.45, 2.75) is 24.5 Å². The molecular weight excluding hydrogens is 504 g/mol. The third kappa shape index (κ3) is 5.66. The van der Waals surface area contributed by atoms with Gasteiger partial charge in [-0.2, -0.15) is 4.36 Å². The lowest BCUT2D eigenvalue weighted by atomic mass is 10.2. The van der Waals surface area contributed by atoms with Gasteiger partial charge in [-0.15, -0.1) is 0 Å². The van der Waals surface area contributed by atoms with E-state index in [9.17, 15) is 13.7 Å². The number of rotatable bonds is 6. The molecule has 3 heterocycles. The van der Waals surface area contributed by atoms with E-state index < -0.39 is 33.6 Å². The molecule has 194 valence electrons. The minimum Gasteiger partial charge on any atom is -0.483 e. The Morgan fingerprint density at radius 3 is 2.76 bits per heavy atom. The highest BCUT2D eigenvalue weighted by Crippen LogP contribution is 2.34. The van der Waals surface area contributed by atoms with E-state index in [1.165, 1.54) is 37.0 Å². The summed E-state index contributed by atoms with van der Waals surface area (Å²) < 4.78 is 57.5. The van der Waals surface area contributed by atoms with Gasteiger partial charge < -0.3 is 19.9 Å². The number of fused-ring (bicyclic) bond motifs is 1. The summed E-state index contributed by atoms with van der Waals surface area (Å²) in [6, 6.07) is 9.71. The number of benzene rings is 2. The number of halogens is 2. The van der Waals surface area contributed by atoms with Gasteiger partial charge in [0.1, 0.15) is 35.6 Å². The first-order valence-electron chi connectivity index (χ1n) is 10.9. The second-order valence-electron chi connectivity index (χ2n) is 8.15. The van der Waals surface area contributed by atoms with Gasteiger partial charge in [-0.3, -0.25) is 4.98 Å². The molecule has 0 radical (unpaired) electrons. The SMILES string of the molecule is C.CS(=O)(=Nc1cc(F)c2c(Nc3ccc(F)cc3O[C@@H]3COC[C@@H]3O)ncnc2c1)c1cccnc1. The number of aliphatic hydroxyl groups excluding tert-OH is 1. The van der Waals surface area contributed by atoms with Crippen molar-refractivity contribution in [3.63, 3.8) is 0 Å². The summed E-state index contributed by atoms with van der Waals surface area (Å²) in [5.74, 6) is -1.04. The molecule has 4 aromatic rings. The Morgan fingerprint density at radius 1 is 1.19 bits per heavy atom. The summed E-state index contributed by atoms with van der Waals surface area (Å²) in [5.41, 5.74) is 0.663. The maximum Gasteiger partial charge on any atom is 0.150 e. The van der Waals surface area contributed by atoms with Crippen LogP contribution in [0.5, 0.6) is 5.75 Å². The first kappa shape index (κ1) is 26.3. The van der Waals surface area contributed by atoms with Crippen LogP contribution >= 0.6 is 0 Å². The third-order valence-corrected chi connectivity index (χ3v) is 7.18. The van der Waals surface area contributed by atoms with Crippen LogP contribution in [0.3, 0.4) is 0 Å². The van der Waals surface area contributed by atoms with E-state index in [2.05, 4.69) is 24.6 Å². The van der Waals surface area contributed by atoms with Crippen molar-refractivity contribution in [1.29, 1.82) is 0 Å². The lowest BCUT2D eigenvalue weighted by molar-refractivity contribution is 0.0736. The monoisotopic (exact) mass is 529 g/mol. The number of nitrogens with zero attached hydrogens (tertiary/aromatic N) is 4. The summed E-state index contributed by atoms with van der Waals surface area (Å²) in [6.45, 7) is 0.261. The molecule has 0 aliphatic carbocycles. The number of aliphatic hydroxyl groups is 1. The van der Waals surface area contributed by atoms with E-state index in [1.54, 1.807) is 18.3 Å². The Kier molecular flexibility index (Phi) is 7.62. The molecular formula is C25H25F2N5O4S. The summed E-state index contributed by atoms with van der Waals surface area (Å²) in [5, 5.41) is 13.0. The number of pyridine rings is 1. The number of nitrogens with one attached hydrogen (secondary N) is 1. The molecule has 12 heteroatoms. The maximum absolute atomic E-state index is 15.3. The highest BCUT2D eigenvalue weighted by Gasteiger charge is 2.29. The van der Waals surface area contributed by atoms with Crippen LogP contribution in [0.25, 0.3) is 10.9 Å². The van der Waals surface area contributed by atoms with Crippen LogP contribution in [0.1, 0.15) is 7.43 Å². The predicted molar refractivity (Wildman–Crippen MR) is 136 cm³/mol. The molecule has 1 unspecified atom stereocenters. The van der Waals surface area contributed by atoms with Crippen LogP contribution in [0, 0.1) is 11.6 Å². The van der Waals surface area contributed by atoms with Gasteiger partial charge in [-0.1, -0.05) is 7.43 Å². The molecule has 1 saturated heterocycles. The summed E-state index contributed by atoms with van der Waals surface area (Å²) in [4.78, 5) is 12.7. The van der Waals surface area contributed by atoms with E-state index in [-0.39, 0.29) is 48.8 Å². The van der Waals surface area contributed by atoms with Crippen LogP contribution in [0.2, 0.25) is 0 Å². The number of hydrogen-bond acceptors (Lipinski definition) is 9. The highest BCUT2D eigenvalue weighted by atomic mass is 32.2. The number of aromatic nitrogens is 3. The van der Waals surface area contributed by atoms with Crippen molar-refractivity contribution in [3.8, 4) is 5.75 Å². The van der Waals surface area contributed by atoms with Crippen LogP contribution in [-0.2, 0) is 14.5 Å². The molecule has 9 nitrogen and oxygen atoms in total. The average Bonchev–Trinajstić information content (AvgIpc) is 3.25. The summed E-state index contributed by atoms with van der Waals surface area (Å²) >= 11 is 0. The Labute approximate surface area is 212 Å². The van der Waals surface area contributed by atoms with E-state index in [0.29, 0.717) is 10.6 Å². The molecule has 2 N–H and O–H groups in total. The summed E-state index contributed by atoms with van der Waals surface area (Å²) in [6.07, 6.45) is 4.15. The first-order chi connectivity index (χ1) is 17.3. The van der Waals surface area contributed by atoms with E-state index in [0.717, 1.165) is 12.1 Å². The van der Waals surface area contributed by atoms with Crippen molar-refractivity contribution >= 4 is 37.8 Å².